The molecule has 7 heteroatoms. The van der Waals surface area contributed by atoms with Crippen molar-refractivity contribution in [1.29, 1.82) is 0 Å². The van der Waals surface area contributed by atoms with E-state index in [4.69, 9.17) is 0 Å². The number of nitrogens with one attached hydrogen (secondary N) is 2. The van der Waals surface area contributed by atoms with Crippen molar-refractivity contribution >= 4 is 27.5 Å². The summed E-state index contributed by atoms with van der Waals surface area (Å²) >= 11 is 3.31. The van der Waals surface area contributed by atoms with E-state index >= 15 is 0 Å². The number of benzene rings is 1. The molecule has 0 unspecified atom stereocenters. The quantitative estimate of drug-likeness (QED) is 0.716. The first-order chi connectivity index (χ1) is 9.09. The van der Waals surface area contributed by atoms with Crippen LogP contribution in [0, 0.1) is 0 Å². The molecule has 0 spiro atoms. The van der Waals surface area contributed by atoms with Gasteiger partial charge in [-0.15, -0.1) is 0 Å². The summed E-state index contributed by atoms with van der Waals surface area (Å²) in [5.74, 6) is -0.208. The number of anilines is 1. The standard InChI is InChI=1S/C12H15BrF2N2O2/c13-9-3-1-2-4-10(9)17-12(18)7-16-5-6-19-8-11(14)15/h1-4,11,16H,5-8H2,(H,17,18). The summed E-state index contributed by atoms with van der Waals surface area (Å²) < 4.78 is 28.9. The smallest absolute Gasteiger partial charge is 0.261 e. The van der Waals surface area contributed by atoms with Crippen LogP contribution < -0.4 is 10.6 Å². The van der Waals surface area contributed by atoms with Crippen molar-refractivity contribution in [3.05, 3.63) is 28.7 Å². The number of amides is 1. The lowest BCUT2D eigenvalue weighted by atomic mass is 10.3. The first-order valence-electron chi connectivity index (χ1n) is 5.70. The minimum absolute atomic E-state index is 0.0966. The van der Waals surface area contributed by atoms with Gasteiger partial charge in [-0.05, 0) is 28.1 Å². The third-order valence-corrected chi connectivity index (χ3v) is 2.79. The first-order valence-corrected chi connectivity index (χ1v) is 6.50. The Morgan fingerprint density at radius 2 is 2.11 bits per heavy atom. The van der Waals surface area contributed by atoms with Crippen molar-refractivity contribution in [2.24, 2.45) is 0 Å². The van der Waals surface area contributed by atoms with Crippen LogP contribution >= 0.6 is 15.9 Å². The lowest BCUT2D eigenvalue weighted by Gasteiger charge is -2.08. The van der Waals surface area contributed by atoms with E-state index < -0.39 is 13.0 Å². The van der Waals surface area contributed by atoms with Crippen molar-refractivity contribution in [1.82, 2.24) is 5.32 Å². The number of halogens is 3. The monoisotopic (exact) mass is 336 g/mol. The molecule has 0 atom stereocenters. The molecule has 0 saturated carbocycles. The Morgan fingerprint density at radius 1 is 1.37 bits per heavy atom. The molecule has 0 aliphatic carbocycles. The number of alkyl halides is 2. The topological polar surface area (TPSA) is 50.4 Å². The molecule has 0 heterocycles. The second-order valence-corrected chi connectivity index (χ2v) is 4.53. The highest BCUT2D eigenvalue weighted by molar-refractivity contribution is 9.10. The Balaban J connectivity index is 2.13. The molecule has 0 saturated heterocycles. The maximum Gasteiger partial charge on any atom is 0.261 e. The zero-order chi connectivity index (χ0) is 14.1. The van der Waals surface area contributed by atoms with Gasteiger partial charge in [-0.3, -0.25) is 4.79 Å². The number of rotatable bonds is 8. The van der Waals surface area contributed by atoms with E-state index in [1.807, 2.05) is 18.2 Å². The van der Waals surface area contributed by atoms with Gasteiger partial charge in [0.2, 0.25) is 5.91 Å². The molecule has 1 rings (SSSR count). The fraction of sp³-hybridized carbons (Fsp3) is 0.417. The highest BCUT2D eigenvalue weighted by atomic mass is 79.9. The maximum absolute atomic E-state index is 11.7. The SMILES string of the molecule is O=C(CNCCOCC(F)F)Nc1ccccc1Br. The highest BCUT2D eigenvalue weighted by Crippen LogP contribution is 2.20. The summed E-state index contributed by atoms with van der Waals surface area (Å²) in [6.45, 7) is 0.00691. The fourth-order valence-corrected chi connectivity index (χ4v) is 1.66. The Kier molecular flexibility index (Phi) is 7.54. The molecule has 1 amide bonds. The zero-order valence-corrected chi connectivity index (χ0v) is 11.8. The number of hydrogen-bond acceptors (Lipinski definition) is 3. The molecule has 0 radical (unpaired) electrons. The van der Waals surface area contributed by atoms with Crippen molar-refractivity contribution in [3.8, 4) is 0 Å². The van der Waals surface area contributed by atoms with Crippen LogP contribution in [0.4, 0.5) is 14.5 Å². The molecule has 0 aromatic heterocycles. The second kappa shape index (κ2) is 8.95. The molecule has 19 heavy (non-hydrogen) atoms. The third-order valence-electron chi connectivity index (χ3n) is 2.10. The van der Waals surface area contributed by atoms with E-state index in [1.165, 1.54) is 0 Å². The van der Waals surface area contributed by atoms with E-state index in [0.717, 1.165) is 4.47 Å². The number of carbonyl (C=O) groups excluding carboxylic acids is 1. The van der Waals surface area contributed by atoms with Crippen molar-refractivity contribution < 1.29 is 18.3 Å². The van der Waals surface area contributed by atoms with Gasteiger partial charge >= 0.3 is 0 Å². The highest BCUT2D eigenvalue weighted by Gasteiger charge is 2.04. The predicted octanol–water partition coefficient (Wildman–Crippen LogP) is 2.26. The molecule has 0 fully saturated rings. The van der Waals surface area contributed by atoms with Gasteiger partial charge in [0.25, 0.3) is 6.43 Å². The van der Waals surface area contributed by atoms with Gasteiger partial charge in [0.15, 0.2) is 0 Å². The molecule has 2 N–H and O–H groups in total. The van der Waals surface area contributed by atoms with Crippen LogP contribution in [0.15, 0.2) is 28.7 Å². The summed E-state index contributed by atoms with van der Waals surface area (Å²) in [7, 11) is 0. The van der Waals surface area contributed by atoms with Gasteiger partial charge in [0.1, 0.15) is 6.61 Å². The van der Waals surface area contributed by atoms with Crippen LogP contribution in [0.2, 0.25) is 0 Å². The number of para-hydroxylation sites is 1. The molecule has 0 bridgehead atoms. The van der Waals surface area contributed by atoms with E-state index in [2.05, 4.69) is 31.3 Å². The van der Waals surface area contributed by atoms with E-state index in [9.17, 15) is 13.6 Å². The number of ether oxygens (including phenoxy) is 1. The largest absolute Gasteiger partial charge is 0.374 e. The lowest BCUT2D eigenvalue weighted by Crippen LogP contribution is -2.30. The van der Waals surface area contributed by atoms with Gasteiger partial charge in [0, 0.05) is 11.0 Å². The van der Waals surface area contributed by atoms with Crippen LogP contribution in [0.3, 0.4) is 0 Å². The minimum atomic E-state index is -2.46. The van der Waals surface area contributed by atoms with E-state index in [0.29, 0.717) is 12.2 Å². The van der Waals surface area contributed by atoms with Gasteiger partial charge in [-0.2, -0.15) is 0 Å². The average Bonchev–Trinajstić information content (AvgIpc) is 2.36. The van der Waals surface area contributed by atoms with Crippen LogP contribution in [0.5, 0.6) is 0 Å². The Morgan fingerprint density at radius 3 is 2.79 bits per heavy atom. The van der Waals surface area contributed by atoms with Crippen molar-refractivity contribution in [2.75, 3.05) is 31.6 Å². The molecular formula is C12H15BrF2N2O2. The Bertz CT molecular complexity index is 405. The molecule has 4 nitrogen and oxygen atoms in total. The lowest BCUT2D eigenvalue weighted by molar-refractivity contribution is -0.115. The second-order valence-electron chi connectivity index (χ2n) is 3.67. The van der Waals surface area contributed by atoms with E-state index in [1.54, 1.807) is 6.07 Å². The number of hydrogen-bond donors (Lipinski definition) is 2. The summed E-state index contributed by atoms with van der Waals surface area (Å²) in [6, 6.07) is 7.25. The van der Waals surface area contributed by atoms with Crippen molar-refractivity contribution in [3.63, 3.8) is 0 Å². The van der Waals surface area contributed by atoms with Crippen LogP contribution in [-0.4, -0.2) is 38.6 Å². The molecule has 1 aromatic carbocycles. The number of carbonyl (C=O) groups is 1. The first kappa shape index (κ1) is 16.0. The van der Waals surface area contributed by atoms with Gasteiger partial charge in [-0.25, -0.2) is 8.78 Å². The minimum Gasteiger partial charge on any atom is -0.374 e. The average molecular weight is 337 g/mol. The van der Waals surface area contributed by atoms with Gasteiger partial charge in [0.05, 0.1) is 18.8 Å². The van der Waals surface area contributed by atoms with Crippen LogP contribution in [0.25, 0.3) is 0 Å². The molecule has 106 valence electrons. The van der Waals surface area contributed by atoms with Gasteiger partial charge in [-0.1, -0.05) is 12.1 Å². The van der Waals surface area contributed by atoms with Crippen molar-refractivity contribution in [2.45, 2.75) is 6.43 Å². The maximum atomic E-state index is 11.7. The molecule has 0 aliphatic heterocycles. The summed E-state index contributed by atoms with van der Waals surface area (Å²) in [5.41, 5.74) is 0.684. The zero-order valence-electron chi connectivity index (χ0n) is 10.2. The van der Waals surface area contributed by atoms with Gasteiger partial charge < -0.3 is 15.4 Å². The molecule has 1 aromatic rings. The Hall–Kier alpha value is -1.05. The third kappa shape index (κ3) is 7.19. The fourth-order valence-electron chi connectivity index (χ4n) is 1.28. The molecular weight excluding hydrogens is 322 g/mol. The summed E-state index contributed by atoms with van der Waals surface area (Å²) in [6.07, 6.45) is -2.46. The van der Waals surface area contributed by atoms with E-state index in [-0.39, 0.29) is 19.1 Å². The van der Waals surface area contributed by atoms with Crippen LogP contribution in [-0.2, 0) is 9.53 Å². The van der Waals surface area contributed by atoms with Crippen LogP contribution in [0.1, 0.15) is 0 Å². The summed E-state index contributed by atoms with van der Waals surface area (Å²) in [4.78, 5) is 11.6. The molecule has 0 aliphatic rings. The normalized spacial score (nSPS) is 10.7. The summed E-state index contributed by atoms with van der Waals surface area (Å²) in [5, 5.41) is 5.51. The predicted molar refractivity (Wildman–Crippen MR) is 72.5 cm³/mol. The Labute approximate surface area is 118 Å².